The zero-order valence-electron chi connectivity index (χ0n) is 21.1. The predicted octanol–water partition coefficient (Wildman–Crippen LogP) is -2.76. The van der Waals surface area contributed by atoms with Crippen molar-refractivity contribution >= 4 is 57.8 Å². The average molecular weight is 630 g/mol. The van der Waals surface area contributed by atoms with Crippen molar-refractivity contribution in [3.63, 3.8) is 0 Å². The van der Waals surface area contributed by atoms with Gasteiger partial charge in [0.1, 0.15) is 24.2 Å². The molecule has 8 amide bonds. The lowest BCUT2D eigenvalue weighted by Gasteiger charge is -2.09. The molecule has 0 aromatic heterocycles. The van der Waals surface area contributed by atoms with Gasteiger partial charge in [-0.25, -0.2) is 19.2 Å². The highest BCUT2D eigenvalue weighted by atomic mass is 79.9. The largest absolute Gasteiger partial charge is 0.480 e. The Bertz CT molecular complexity index is 809. The number of aliphatic hydroxyl groups is 2. The number of carbonyl (C=O) groups excluding carboxylic acids is 5. The highest BCUT2D eigenvalue weighted by Gasteiger charge is 2.28. The second-order valence-electron chi connectivity index (χ2n) is 7.67. The molecule has 0 aromatic rings. The quantitative estimate of drug-likeness (QED) is 0.0817. The van der Waals surface area contributed by atoms with Gasteiger partial charge >= 0.3 is 30.0 Å². The highest BCUT2D eigenvalue weighted by molar-refractivity contribution is 9.09. The summed E-state index contributed by atoms with van der Waals surface area (Å²) in [6.45, 7) is 1.49. The lowest BCUT2D eigenvalue weighted by molar-refractivity contribution is -0.140. The van der Waals surface area contributed by atoms with Gasteiger partial charge in [0, 0.05) is 25.0 Å². The minimum atomic E-state index is -1.21. The molecule has 2 rings (SSSR count). The van der Waals surface area contributed by atoms with E-state index in [1.165, 1.54) is 0 Å². The summed E-state index contributed by atoms with van der Waals surface area (Å²) in [4.78, 5) is 72.8. The summed E-state index contributed by atoms with van der Waals surface area (Å²) in [7, 11) is 0. The molecule has 2 aliphatic heterocycles. The van der Waals surface area contributed by atoms with Gasteiger partial charge in [-0.2, -0.15) is 0 Å². The summed E-state index contributed by atoms with van der Waals surface area (Å²) in [5.74, 6) is -2.71. The molecule has 2 aliphatic rings. The third kappa shape index (κ3) is 18.4. The van der Waals surface area contributed by atoms with Crippen LogP contribution in [0.25, 0.3) is 0 Å². The molecule has 0 saturated carbocycles. The van der Waals surface area contributed by atoms with Gasteiger partial charge in [0.15, 0.2) is 0 Å². The number of imide groups is 2. The van der Waals surface area contributed by atoms with Crippen LogP contribution in [-0.4, -0.2) is 105 Å². The van der Waals surface area contributed by atoms with Crippen LogP contribution in [0, 0.1) is 0 Å². The molecular weight excluding hydrogens is 594 g/mol. The standard InChI is InChI=1S/C6H10N2O2.C5H7BrN2O2.C5H10N2O4.C4H9NO3/c1-2-3-4-5(9)8-6(10)7-4;6-2-1-3-4(9)8-5(10)7-3;6-5(11)7-3(1-2-8)4(9)10;5-3(1-2-6)4(7)8/h4H,2-3H2,1H3,(H2,7,8,9,10);3H,1-2H2,(H2,7,8,9,10);3,8H,1-2H2,(H,9,10)(H3,6,7,11);3,6H,1-2,5H2,(H,7,8). The maximum Gasteiger partial charge on any atom is 0.326 e. The van der Waals surface area contributed by atoms with E-state index in [1.807, 2.05) is 12.2 Å². The number of primary amides is 1. The fourth-order valence-corrected chi connectivity index (χ4v) is 3.00. The van der Waals surface area contributed by atoms with Crippen LogP contribution in [0.1, 0.15) is 39.0 Å². The third-order valence-electron chi connectivity index (χ3n) is 4.48. The van der Waals surface area contributed by atoms with E-state index in [0.29, 0.717) is 11.8 Å². The molecule has 0 bridgehead atoms. The van der Waals surface area contributed by atoms with Crippen molar-refractivity contribution in [1.82, 2.24) is 26.6 Å². The normalized spacial score (nSPS) is 18.6. The lowest BCUT2D eigenvalue weighted by Crippen LogP contribution is -2.44. The minimum Gasteiger partial charge on any atom is -0.480 e. The Kier molecular flexibility index (Phi) is 20.6. The number of nitrogens with two attached hydrogens (primary N) is 2. The molecule has 2 heterocycles. The van der Waals surface area contributed by atoms with Crippen LogP contribution in [0.15, 0.2) is 0 Å². The molecule has 224 valence electrons. The molecule has 39 heavy (non-hydrogen) atoms. The first-order valence-corrected chi connectivity index (χ1v) is 12.6. The second-order valence-corrected chi connectivity index (χ2v) is 8.46. The Balaban J connectivity index is 0. The Morgan fingerprint density at radius 1 is 0.897 bits per heavy atom. The summed E-state index contributed by atoms with van der Waals surface area (Å²) >= 11 is 3.18. The summed E-state index contributed by atoms with van der Waals surface area (Å²) in [6, 6.07) is -4.33. The van der Waals surface area contributed by atoms with Crippen molar-refractivity contribution in [3.05, 3.63) is 0 Å². The molecular formula is C20H36BrN7O11. The van der Waals surface area contributed by atoms with Gasteiger partial charge < -0.3 is 47.8 Å². The van der Waals surface area contributed by atoms with Crippen LogP contribution in [0.2, 0.25) is 0 Å². The van der Waals surface area contributed by atoms with Crippen molar-refractivity contribution in [2.45, 2.75) is 63.2 Å². The Hall–Kier alpha value is -3.55. The van der Waals surface area contributed by atoms with Gasteiger partial charge in [0.05, 0.1) is 0 Å². The van der Waals surface area contributed by atoms with Crippen LogP contribution in [0.3, 0.4) is 0 Å². The zero-order valence-corrected chi connectivity index (χ0v) is 22.7. The molecule has 4 atom stereocenters. The molecule has 0 aliphatic carbocycles. The van der Waals surface area contributed by atoms with Crippen molar-refractivity contribution in [3.8, 4) is 0 Å². The van der Waals surface area contributed by atoms with E-state index < -0.39 is 36.1 Å². The topological polar surface area (TPSA) is 313 Å². The monoisotopic (exact) mass is 629 g/mol. The Labute approximate surface area is 231 Å². The molecule has 0 radical (unpaired) electrons. The number of amides is 8. The lowest BCUT2D eigenvalue weighted by atomic mass is 10.2. The number of carbonyl (C=O) groups is 7. The van der Waals surface area contributed by atoms with Crippen LogP contribution in [0.5, 0.6) is 0 Å². The maximum absolute atomic E-state index is 10.8. The van der Waals surface area contributed by atoms with E-state index >= 15 is 0 Å². The summed E-state index contributed by atoms with van der Waals surface area (Å²) in [5, 5.41) is 44.9. The van der Waals surface area contributed by atoms with E-state index in [0.717, 1.165) is 12.8 Å². The number of hydrogen-bond acceptors (Lipinski definition) is 10. The molecule has 2 saturated heterocycles. The van der Waals surface area contributed by atoms with Crippen molar-refractivity contribution in [1.29, 1.82) is 0 Å². The zero-order chi connectivity index (χ0) is 30.5. The summed E-state index contributed by atoms with van der Waals surface area (Å²) in [6.07, 6.45) is 2.33. The SMILES string of the molecule is CCCC1NC(=O)NC1=O.NC(=O)NC(CCO)C(=O)O.NC(CCO)C(=O)O.O=C1NC(=O)C(CCBr)N1. The van der Waals surface area contributed by atoms with E-state index in [2.05, 4.69) is 42.9 Å². The van der Waals surface area contributed by atoms with Gasteiger partial charge in [-0.1, -0.05) is 29.3 Å². The number of carboxylic acid groups (broad SMARTS) is 2. The fourth-order valence-electron chi connectivity index (χ4n) is 2.54. The number of rotatable bonds is 11. The molecule has 2 fully saturated rings. The summed E-state index contributed by atoms with van der Waals surface area (Å²) < 4.78 is 0. The van der Waals surface area contributed by atoms with Crippen molar-refractivity contribution < 1.29 is 54.0 Å². The van der Waals surface area contributed by atoms with Crippen LogP contribution in [-0.2, 0) is 19.2 Å². The second kappa shape index (κ2) is 21.4. The van der Waals surface area contributed by atoms with Gasteiger partial charge in [-0.3, -0.25) is 25.0 Å². The first kappa shape index (κ1) is 37.6. The Morgan fingerprint density at radius 3 is 1.62 bits per heavy atom. The molecule has 18 nitrogen and oxygen atoms in total. The average Bonchev–Trinajstić information content (AvgIpc) is 3.33. The predicted molar refractivity (Wildman–Crippen MR) is 137 cm³/mol. The summed E-state index contributed by atoms with van der Waals surface area (Å²) in [5.41, 5.74) is 9.63. The number of aliphatic hydroxyl groups excluding tert-OH is 2. The van der Waals surface area contributed by atoms with Gasteiger partial charge in [0.25, 0.3) is 11.8 Å². The van der Waals surface area contributed by atoms with E-state index in [-0.39, 0.29) is 56.0 Å². The highest BCUT2D eigenvalue weighted by Crippen LogP contribution is 2.01. The molecule has 13 N–H and O–H groups in total. The minimum absolute atomic E-state index is 0.0434. The number of carboxylic acids is 2. The van der Waals surface area contributed by atoms with Gasteiger partial charge in [-0.15, -0.1) is 0 Å². The fraction of sp³-hybridized carbons (Fsp3) is 0.650. The number of nitrogens with one attached hydrogen (secondary N) is 5. The first-order chi connectivity index (χ1) is 18.2. The van der Waals surface area contributed by atoms with Gasteiger partial charge in [-0.05, 0) is 19.3 Å². The van der Waals surface area contributed by atoms with Crippen molar-refractivity contribution in [2.75, 3.05) is 18.5 Å². The molecule has 4 unspecified atom stereocenters. The molecule has 0 aromatic carbocycles. The van der Waals surface area contributed by atoms with E-state index in [9.17, 15) is 33.6 Å². The maximum atomic E-state index is 10.8. The smallest absolute Gasteiger partial charge is 0.326 e. The van der Waals surface area contributed by atoms with Crippen LogP contribution < -0.4 is 38.1 Å². The van der Waals surface area contributed by atoms with Crippen molar-refractivity contribution in [2.24, 2.45) is 11.5 Å². The molecule has 0 spiro atoms. The number of aliphatic carboxylic acids is 2. The number of urea groups is 3. The van der Waals surface area contributed by atoms with Crippen LogP contribution >= 0.6 is 15.9 Å². The first-order valence-electron chi connectivity index (χ1n) is 11.5. The Morgan fingerprint density at radius 2 is 1.36 bits per heavy atom. The third-order valence-corrected chi connectivity index (χ3v) is 4.94. The number of halogens is 1. The van der Waals surface area contributed by atoms with E-state index in [4.69, 9.17) is 26.2 Å². The van der Waals surface area contributed by atoms with Crippen LogP contribution in [0.4, 0.5) is 14.4 Å². The number of alkyl halides is 1. The molecule has 19 heteroatoms. The van der Waals surface area contributed by atoms with E-state index in [1.54, 1.807) is 0 Å². The number of hydrogen-bond donors (Lipinski definition) is 11. The van der Waals surface area contributed by atoms with Gasteiger partial charge in [0.2, 0.25) is 0 Å².